The molecule has 1 N–H and O–H groups in total. The maximum Gasteiger partial charge on any atom is 0.282 e. The van der Waals surface area contributed by atoms with E-state index in [0.29, 0.717) is 31.7 Å². The quantitative estimate of drug-likeness (QED) is 0.621. The van der Waals surface area contributed by atoms with Crippen LogP contribution in [0.5, 0.6) is 0 Å². The van der Waals surface area contributed by atoms with Crippen molar-refractivity contribution < 1.29 is 14.5 Å². The average molecular weight is 394 g/mol. The molecule has 2 heterocycles. The molecule has 0 bridgehead atoms. The Morgan fingerprint density at radius 3 is 2.48 bits per heavy atom. The summed E-state index contributed by atoms with van der Waals surface area (Å²) in [7, 11) is 0. The van der Waals surface area contributed by atoms with Crippen molar-refractivity contribution in [2.45, 2.75) is 25.3 Å². The average Bonchev–Trinajstić information content (AvgIpc) is 3.39. The number of para-hydroxylation sites is 1. The van der Waals surface area contributed by atoms with E-state index in [1.54, 1.807) is 15.9 Å². The Balaban J connectivity index is 1.55. The summed E-state index contributed by atoms with van der Waals surface area (Å²) in [5, 5.41) is 14.6. The van der Waals surface area contributed by atoms with Crippen LogP contribution in [0, 0.1) is 10.1 Å². The summed E-state index contributed by atoms with van der Waals surface area (Å²) >= 11 is 0. The molecule has 8 nitrogen and oxygen atoms in total. The van der Waals surface area contributed by atoms with E-state index in [-0.39, 0.29) is 23.1 Å². The Labute approximate surface area is 168 Å². The molecule has 2 saturated heterocycles. The number of amides is 2. The summed E-state index contributed by atoms with van der Waals surface area (Å²) in [6, 6.07) is 13.4. The van der Waals surface area contributed by atoms with Crippen LogP contribution in [0.15, 0.2) is 48.5 Å². The van der Waals surface area contributed by atoms with Crippen LogP contribution in [-0.4, -0.2) is 47.3 Å². The molecule has 0 saturated carbocycles. The molecule has 2 aromatic carbocycles. The van der Waals surface area contributed by atoms with Crippen LogP contribution in [0.25, 0.3) is 0 Å². The monoisotopic (exact) mass is 394 g/mol. The molecule has 150 valence electrons. The second-order valence-corrected chi connectivity index (χ2v) is 7.30. The van der Waals surface area contributed by atoms with Crippen molar-refractivity contribution in [2.24, 2.45) is 0 Å². The summed E-state index contributed by atoms with van der Waals surface area (Å²) in [6.45, 7) is 1.81. The Bertz CT molecular complexity index is 941. The number of nitrogens with one attached hydrogen (secondary N) is 1. The number of anilines is 2. The topological polar surface area (TPSA) is 95.8 Å². The minimum atomic E-state index is -0.537. The first-order valence-corrected chi connectivity index (χ1v) is 9.75. The number of rotatable bonds is 5. The molecule has 2 aromatic rings. The van der Waals surface area contributed by atoms with Crippen molar-refractivity contribution in [2.75, 3.05) is 29.9 Å². The molecule has 2 fully saturated rings. The second kappa shape index (κ2) is 7.90. The van der Waals surface area contributed by atoms with E-state index in [4.69, 9.17) is 0 Å². The third kappa shape index (κ3) is 3.78. The van der Waals surface area contributed by atoms with Crippen LogP contribution in [-0.2, 0) is 4.79 Å². The third-order valence-electron chi connectivity index (χ3n) is 5.43. The van der Waals surface area contributed by atoms with E-state index < -0.39 is 11.0 Å². The summed E-state index contributed by atoms with van der Waals surface area (Å²) < 4.78 is 0. The standard InChI is InChI=1S/C21H22N4O4/c26-20(23-11-4-5-12-23)17-14-15(8-9-19(17)25(28)29)22-18-10-13-24(21(18)27)16-6-2-1-3-7-16/h1-3,6-9,14,18,22H,4-5,10-13H2. The fourth-order valence-electron chi connectivity index (χ4n) is 3.93. The van der Waals surface area contributed by atoms with Gasteiger partial charge in [-0.25, -0.2) is 0 Å². The second-order valence-electron chi connectivity index (χ2n) is 7.30. The molecule has 0 radical (unpaired) electrons. The lowest BCUT2D eigenvalue weighted by Crippen LogP contribution is -2.33. The Morgan fingerprint density at radius 2 is 1.79 bits per heavy atom. The number of nitrogens with zero attached hydrogens (tertiary/aromatic N) is 3. The lowest BCUT2D eigenvalue weighted by molar-refractivity contribution is -0.385. The Morgan fingerprint density at radius 1 is 1.07 bits per heavy atom. The van der Waals surface area contributed by atoms with Crippen LogP contribution >= 0.6 is 0 Å². The van der Waals surface area contributed by atoms with E-state index >= 15 is 0 Å². The fraction of sp³-hybridized carbons (Fsp3) is 0.333. The predicted octanol–water partition coefficient (Wildman–Crippen LogP) is 3.05. The highest BCUT2D eigenvalue weighted by atomic mass is 16.6. The van der Waals surface area contributed by atoms with Crippen molar-refractivity contribution >= 4 is 28.9 Å². The zero-order valence-electron chi connectivity index (χ0n) is 15.9. The van der Waals surface area contributed by atoms with Crippen molar-refractivity contribution in [1.29, 1.82) is 0 Å². The summed E-state index contributed by atoms with van der Waals surface area (Å²) in [4.78, 5) is 39.8. The number of hydrogen-bond donors (Lipinski definition) is 1. The van der Waals surface area contributed by atoms with E-state index in [9.17, 15) is 19.7 Å². The van der Waals surface area contributed by atoms with E-state index in [1.165, 1.54) is 12.1 Å². The maximum absolute atomic E-state index is 12.8. The van der Waals surface area contributed by atoms with Gasteiger partial charge in [0.2, 0.25) is 5.91 Å². The van der Waals surface area contributed by atoms with Crippen LogP contribution < -0.4 is 10.2 Å². The summed E-state index contributed by atoms with van der Waals surface area (Å²) in [5.74, 6) is -0.386. The SMILES string of the molecule is O=C(c1cc(NC2CCN(c3ccccc3)C2=O)ccc1[N+](=O)[O-])N1CCCC1. The summed E-state index contributed by atoms with van der Waals surface area (Å²) in [5.41, 5.74) is 1.23. The fourth-order valence-corrected chi connectivity index (χ4v) is 3.93. The lowest BCUT2D eigenvalue weighted by atomic mass is 10.1. The van der Waals surface area contributed by atoms with Crippen LogP contribution in [0.2, 0.25) is 0 Å². The van der Waals surface area contributed by atoms with Gasteiger partial charge in [-0.2, -0.15) is 0 Å². The van der Waals surface area contributed by atoms with Crippen molar-refractivity contribution in [3.8, 4) is 0 Å². The maximum atomic E-state index is 12.8. The predicted molar refractivity (Wildman–Crippen MR) is 109 cm³/mol. The van der Waals surface area contributed by atoms with Gasteiger partial charge in [-0.1, -0.05) is 18.2 Å². The molecule has 29 heavy (non-hydrogen) atoms. The molecule has 0 spiro atoms. The van der Waals surface area contributed by atoms with Gasteiger partial charge in [0.15, 0.2) is 0 Å². The minimum Gasteiger partial charge on any atom is -0.374 e. The number of likely N-dealkylation sites (tertiary alicyclic amines) is 1. The summed E-state index contributed by atoms with van der Waals surface area (Å²) in [6.07, 6.45) is 2.42. The first-order chi connectivity index (χ1) is 14.0. The van der Waals surface area contributed by atoms with Gasteiger partial charge in [0.05, 0.1) is 4.92 Å². The molecule has 2 aliphatic rings. The number of carbonyl (C=O) groups excluding carboxylic acids is 2. The largest absolute Gasteiger partial charge is 0.374 e. The molecule has 1 unspecified atom stereocenters. The van der Waals surface area contributed by atoms with Crippen molar-refractivity contribution in [1.82, 2.24) is 4.90 Å². The first-order valence-electron chi connectivity index (χ1n) is 9.75. The van der Waals surface area contributed by atoms with E-state index in [1.807, 2.05) is 30.3 Å². The van der Waals surface area contributed by atoms with Gasteiger partial charge in [-0.05, 0) is 43.5 Å². The number of nitro benzene ring substituents is 1. The van der Waals surface area contributed by atoms with Gasteiger partial charge >= 0.3 is 0 Å². The van der Waals surface area contributed by atoms with Crippen LogP contribution in [0.1, 0.15) is 29.6 Å². The van der Waals surface area contributed by atoms with Gasteiger partial charge < -0.3 is 15.1 Å². The molecule has 0 aliphatic carbocycles. The number of hydrogen-bond acceptors (Lipinski definition) is 5. The molecule has 0 aromatic heterocycles. The molecular formula is C21H22N4O4. The zero-order valence-corrected chi connectivity index (χ0v) is 15.9. The molecule has 1 atom stereocenters. The van der Waals surface area contributed by atoms with Gasteiger partial charge in [-0.3, -0.25) is 19.7 Å². The normalized spacial score (nSPS) is 18.9. The zero-order chi connectivity index (χ0) is 20.4. The van der Waals surface area contributed by atoms with Crippen molar-refractivity contribution in [3.05, 3.63) is 64.2 Å². The number of nitro groups is 1. The van der Waals surface area contributed by atoms with Gasteiger partial charge in [0.1, 0.15) is 11.6 Å². The highest BCUT2D eigenvalue weighted by Gasteiger charge is 2.33. The van der Waals surface area contributed by atoms with E-state index in [0.717, 1.165) is 18.5 Å². The number of benzene rings is 2. The lowest BCUT2D eigenvalue weighted by Gasteiger charge is -2.19. The third-order valence-corrected chi connectivity index (χ3v) is 5.43. The van der Waals surface area contributed by atoms with Gasteiger partial charge in [0, 0.05) is 37.1 Å². The Hall–Kier alpha value is -3.42. The molecule has 2 aliphatic heterocycles. The molecular weight excluding hydrogens is 372 g/mol. The highest BCUT2D eigenvalue weighted by molar-refractivity contribution is 6.02. The van der Waals surface area contributed by atoms with Crippen molar-refractivity contribution in [3.63, 3.8) is 0 Å². The molecule has 8 heteroatoms. The Kier molecular flexibility index (Phi) is 5.16. The first kappa shape index (κ1) is 18.9. The van der Waals surface area contributed by atoms with Crippen LogP contribution in [0.4, 0.5) is 17.1 Å². The number of carbonyl (C=O) groups is 2. The van der Waals surface area contributed by atoms with Gasteiger partial charge in [-0.15, -0.1) is 0 Å². The highest BCUT2D eigenvalue weighted by Crippen LogP contribution is 2.28. The molecule has 4 rings (SSSR count). The smallest absolute Gasteiger partial charge is 0.282 e. The molecule has 2 amide bonds. The van der Waals surface area contributed by atoms with E-state index in [2.05, 4.69) is 5.32 Å². The van der Waals surface area contributed by atoms with Gasteiger partial charge in [0.25, 0.3) is 11.6 Å². The van der Waals surface area contributed by atoms with Crippen LogP contribution in [0.3, 0.4) is 0 Å². The minimum absolute atomic E-state index is 0.0537.